The van der Waals surface area contributed by atoms with Gasteiger partial charge in [-0.1, -0.05) is 24.4 Å². The number of hydrogen-bond donors (Lipinski definition) is 2. The fraction of sp³-hybridized carbons (Fsp3) is 0.500. The minimum absolute atomic E-state index is 0.0197. The van der Waals surface area contributed by atoms with Crippen LogP contribution in [-0.2, 0) is 11.3 Å². The first-order chi connectivity index (χ1) is 16.4. The van der Waals surface area contributed by atoms with Crippen LogP contribution in [0.5, 0.6) is 0 Å². The Morgan fingerprint density at radius 3 is 2.44 bits per heavy atom. The summed E-state index contributed by atoms with van der Waals surface area (Å²) >= 11 is 5.92. The number of halogens is 1. The van der Waals surface area contributed by atoms with E-state index in [2.05, 4.69) is 15.6 Å². The van der Waals surface area contributed by atoms with E-state index in [-0.39, 0.29) is 24.0 Å². The number of fused-ring (bicyclic) bond motifs is 1. The van der Waals surface area contributed by atoms with Crippen LogP contribution < -0.4 is 10.6 Å². The van der Waals surface area contributed by atoms with Gasteiger partial charge in [0.25, 0.3) is 0 Å². The van der Waals surface area contributed by atoms with Crippen molar-refractivity contribution in [2.75, 3.05) is 18.4 Å². The smallest absolute Gasteiger partial charge is 0.330 e. The van der Waals surface area contributed by atoms with Crippen molar-refractivity contribution in [2.24, 2.45) is 0 Å². The summed E-state index contributed by atoms with van der Waals surface area (Å²) in [6.07, 6.45) is 6.27. The average Bonchev–Trinajstić information content (AvgIpc) is 3.53. The molecule has 1 aliphatic carbocycles. The maximum atomic E-state index is 13.6. The Kier molecular flexibility index (Phi) is 5.97. The Hall–Kier alpha value is -3.07. The summed E-state index contributed by atoms with van der Waals surface area (Å²) in [5, 5.41) is 6.39. The highest BCUT2D eigenvalue weighted by atomic mass is 35.5. The van der Waals surface area contributed by atoms with Crippen molar-refractivity contribution < 1.29 is 14.4 Å². The number of anilines is 1. The highest BCUT2D eigenvalue weighted by molar-refractivity contribution is 6.30. The number of piperidine rings is 1. The van der Waals surface area contributed by atoms with Crippen molar-refractivity contribution in [1.82, 2.24) is 24.7 Å². The quantitative estimate of drug-likeness (QED) is 0.690. The van der Waals surface area contributed by atoms with Gasteiger partial charge in [0.15, 0.2) is 0 Å². The summed E-state index contributed by atoms with van der Waals surface area (Å²) in [5.41, 5.74) is 0.657. The van der Waals surface area contributed by atoms with Gasteiger partial charge in [0.1, 0.15) is 11.4 Å². The van der Waals surface area contributed by atoms with Crippen LogP contribution in [0.1, 0.15) is 50.0 Å². The van der Waals surface area contributed by atoms with E-state index in [0.29, 0.717) is 49.0 Å². The number of carbonyl (C=O) groups excluding carboxylic acids is 3. The second-order valence-corrected chi connectivity index (χ2v) is 9.88. The molecular weight excluding hydrogens is 456 g/mol. The lowest BCUT2D eigenvalue weighted by Gasteiger charge is -2.40. The fourth-order valence-corrected chi connectivity index (χ4v) is 5.61. The van der Waals surface area contributed by atoms with Crippen molar-refractivity contribution in [1.29, 1.82) is 0 Å². The number of likely N-dealkylation sites (tertiary alicyclic amines) is 1. The summed E-state index contributed by atoms with van der Waals surface area (Å²) < 4.78 is 1.67. The summed E-state index contributed by atoms with van der Waals surface area (Å²) in [6, 6.07) is 6.54. The number of hydrogen-bond acceptors (Lipinski definition) is 4. The number of aromatic nitrogens is 2. The SMILES string of the molecule is Cc1ncc2n1C(=O)N(C1CCN(C(=O)C3(NC(=O)Nc4ccc(Cl)cc4)CCCC3)CC1)C2. The first-order valence-corrected chi connectivity index (χ1v) is 12.2. The van der Waals surface area contributed by atoms with Gasteiger partial charge in [-0.05, 0) is 56.9 Å². The van der Waals surface area contributed by atoms with E-state index in [1.807, 2.05) is 16.7 Å². The van der Waals surface area contributed by atoms with Gasteiger partial charge in [-0.25, -0.2) is 14.6 Å². The third-order valence-electron chi connectivity index (χ3n) is 7.29. The van der Waals surface area contributed by atoms with Gasteiger partial charge >= 0.3 is 12.1 Å². The van der Waals surface area contributed by atoms with Crippen LogP contribution in [-0.4, -0.2) is 62.0 Å². The van der Waals surface area contributed by atoms with E-state index < -0.39 is 5.54 Å². The number of nitrogens with zero attached hydrogens (tertiary/aromatic N) is 4. The summed E-state index contributed by atoms with van der Waals surface area (Å²) in [6.45, 7) is 3.54. The summed E-state index contributed by atoms with van der Waals surface area (Å²) in [4.78, 5) is 47.2. The summed E-state index contributed by atoms with van der Waals surface area (Å²) in [5.74, 6) is 0.690. The molecule has 3 heterocycles. The third-order valence-corrected chi connectivity index (χ3v) is 7.55. The first-order valence-electron chi connectivity index (χ1n) is 11.8. The number of nitrogens with one attached hydrogen (secondary N) is 2. The predicted molar refractivity (Wildman–Crippen MR) is 128 cm³/mol. The first kappa shape index (κ1) is 22.7. The van der Waals surface area contributed by atoms with Crippen LogP contribution in [0.3, 0.4) is 0 Å². The molecule has 0 atom stereocenters. The normalized spacial score (nSPS) is 19.9. The number of benzene rings is 1. The topological polar surface area (TPSA) is 99.6 Å². The van der Waals surface area contributed by atoms with E-state index in [1.165, 1.54) is 0 Å². The van der Waals surface area contributed by atoms with E-state index in [1.54, 1.807) is 35.0 Å². The van der Waals surface area contributed by atoms with Crippen molar-refractivity contribution in [3.05, 3.63) is 47.0 Å². The van der Waals surface area contributed by atoms with Gasteiger partial charge in [-0.15, -0.1) is 0 Å². The molecule has 9 nitrogen and oxygen atoms in total. The zero-order valence-electron chi connectivity index (χ0n) is 19.2. The van der Waals surface area contributed by atoms with E-state index in [9.17, 15) is 14.4 Å². The van der Waals surface area contributed by atoms with Gasteiger partial charge in [-0.3, -0.25) is 9.36 Å². The van der Waals surface area contributed by atoms with Gasteiger partial charge in [0, 0.05) is 29.8 Å². The molecule has 3 aliphatic rings. The molecule has 1 saturated carbocycles. The molecule has 180 valence electrons. The number of rotatable bonds is 4. The molecule has 4 amide bonds. The van der Waals surface area contributed by atoms with Crippen LogP contribution in [0.2, 0.25) is 5.02 Å². The third kappa shape index (κ3) is 4.13. The molecular formula is C24H29ClN6O3. The van der Waals surface area contributed by atoms with E-state index >= 15 is 0 Å². The van der Waals surface area contributed by atoms with Crippen molar-refractivity contribution >= 4 is 35.3 Å². The highest BCUT2D eigenvalue weighted by Crippen LogP contribution is 2.33. The summed E-state index contributed by atoms with van der Waals surface area (Å²) in [7, 11) is 0. The molecule has 2 fully saturated rings. The van der Waals surface area contributed by atoms with Crippen molar-refractivity contribution in [3.63, 3.8) is 0 Å². The van der Waals surface area contributed by atoms with Gasteiger partial charge in [0.05, 0.1) is 18.4 Å². The minimum Gasteiger partial charge on any atom is -0.341 e. The fourth-order valence-electron chi connectivity index (χ4n) is 5.49. The monoisotopic (exact) mass is 484 g/mol. The second-order valence-electron chi connectivity index (χ2n) is 9.44. The molecule has 1 aromatic carbocycles. The number of aryl methyl sites for hydroxylation is 1. The molecule has 34 heavy (non-hydrogen) atoms. The number of urea groups is 1. The second kappa shape index (κ2) is 8.94. The number of carbonyl (C=O) groups is 3. The van der Waals surface area contributed by atoms with Gasteiger partial charge < -0.3 is 20.4 Å². The number of imidazole rings is 1. The maximum Gasteiger partial charge on any atom is 0.330 e. The molecule has 10 heteroatoms. The molecule has 2 N–H and O–H groups in total. The van der Waals surface area contributed by atoms with Crippen LogP contribution in [0.4, 0.5) is 15.3 Å². The molecule has 0 bridgehead atoms. The lowest BCUT2D eigenvalue weighted by atomic mass is 9.93. The van der Waals surface area contributed by atoms with Gasteiger partial charge in [0.2, 0.25) is 5.91 Å². The van der Waals surface area contributed by atoms with Crippen LogP contribution in [0.25, 0.3) is 0 Å². The molecule has 1 aromatic heterocycles. The van der Waals surface area contributed by atoms with Crippen LogP contribution in [0, 0.1) is 6.92 Å². The van der Waals surface area contributed by atoms with Crippen molar-refractivity contribution in [2.45, 2.75) is 63.6 Å². The maximum absolute atomic E-state index is 13.6. The Morgan fingerprint density at radius 1 is 1.12 bits per heavy atom. The lowest BCUT2D eigenvalue weighted by molar-refractivity contribution is -0.139. The minimum atomic E-state index is -0.881. The molecule has 0 spiro atoms. The molecule has 2 aromatic rings. The molecule has 0 unspecified atom stereocenters. The van der Waals surface area contributed by atoms with E-state index in [4.69, 9.17) is 11.6 Å². The largest absolute Gasteiger partial charge is 0.341 e. The zero-order valence-corrected chi connectivity index (χ0v) is 20.0. The van der Waals surface area contributed by atoms with E-state index in [0.717, 1.165) is 31.4 Å². The molecule has 2 aliphatic heterocycles. The lowest BCUT2D eigenvalue weighted by Crippen LogP contribution is -2.60. The van der Waals surface area contributed by atoms with Crippen LogP contribution >= 0.6 is 11.6 Å². The molecule has 5 rings (SSSR count). The average molecular weight is 485 g/mol. The molecule has 1 saturated heterocycles. The Bertz CT molecular complexity index is 1100. The predicted octanol–water partition coefficient (Wildman–Crippen LogP) is 3.75. The molecule has 0 radical (unpaired) electrons. The van der Waals surface area contributed by atoms with Gasteiger partial charge in [-0.2, -0.15) is 0 Å². The standard InChI is InChI=1S/C24H29ClN6O3/c1-16-26-14-20-15-30(23(34)31(16)20)19-8-12-29(13-9-19)21(32)24(10-2-3-11-24)28-22(33)27-18-6-4-17(25)5-7-18/h4-7,14,19H,2-3,8-13,15H2,1H3,(H2,27,28,33). The Balaban J connectivity index is 1.20. The van der Waals surface area contributed by atoms with Crippen molar-refractivity contribution in [3.8, 4) is 0 Å². The zero-order chi connectivity index (χ0) is 23.9. The van der Waals surface area contributed by atoms with Crippen LogP contribution in [0.15, 0.2) is 30.5 Å². The Labute approximate surface area is 203 Å². The Morgan fingerprint density at radius 2 is 1.79 bits per heavy atom. The highest BCUT2D eigenvalue weighted by Gasteiger charge is 2.46. The number of amides is 4.